The molecule has 0 fully saturated rings. The van der Waals surface area contributed by atoms with Crippen LogP contribution in [0.2, 0.25) is 5.02 Å². The summed E-state index contributed by atoms with van der Waals surface area (Å²) in [5.41, 5.74) is 5.69. The Morgan fingerprint density at radius 1 is 1.44 bits per heavy atom. The van der Waals surface area contributed by atoms with Gasteiger partial charge in [0.15, 0.2) is 9.84 Å². The number of anilines is 1. The average Bonchev–Trinajstić information content (AvgIpc) is 2.30. The first-order chi connectivity index (χ1) is 8.27. The number of carbonyl (C=O) groups is 1. The lowest BCUT2D eigenvalue weighted by molar-refractivity contribution is -0.126. The number of nitrogens with two attached hydrogens (primary N) is 1. The van der Waals surface area contributed by atoms with Crippen LogP contribution in [-0.2, 0) is 14.6 Å². The van der Waals surface area contributed by atoms with Gasteiger partial charge in [0.1, 0.15) is 5.75 Å². The van der Waals surface area contributed by atoms with E-state index in [1.54, 1.807) is 14.0 Å². The van der Waals surface area contributed by atoms with E-state index in [9.17, 15) is 13.2 Å². The summed E-state index contributed by atoms with van der Waals surface area (Å²) in [5, 5.41) is 0.263. The van der Waals surface area contributed by atoms with Crippen molar-refractivity contribution in [3.8, 4) is 0 Å². The van der Waals surface area contributed by atoms with Crippen LogP contribution in [0.1, 0.15) is 6.92 Å². The van der Waals surface area contributed by atoms with Crippen LogP contribution in [0.15, 0.2) is 23.1 Å². The SMILES string of the molecule is CCN(C)C(=O)CS(=O)(=O)c1cc(Cl)ccc1N. The number of amides is 1. The fourth-order valence-corrected chi connectivity index (χ4v) is 2.98. The first-order valence-electron chi connectivity index (χ1n) is 5.29. The molecule has 0 aliphatic carbocycles. The molecule has 1 aromatic rings. The minimum atomic E-state index is -3.77. The number of rotatable bonds is 4. The summed E-state index contributed by atoms with van der Waals surface area (Å²) in [5.74, 6) is -1.08. The van der Waals surface area contributed by atoms with Gasteiger partial charge in [-0.25, -0.2) is 8.42 Å². The predicted molar refractivity (Wildman–Crippen MR) is 71.2 cm³/mol. The van der Waals surface area contributed by atoms with Gasteiger partial charge in [-0.05, 0) is 25.1 Å². The maximum absolute atomic E-state index is 12.0. The maximum atomic E-state index is 12.0. The summed E-state index contributed by atoms with van der Waals surface area (Å²) in [6, 6.07) is 4.16. The van der Waals surface area contributed by atoms with Crippen LogP contribution in [0.4, 0.5) is 5.69 Å². The molecule has 0 bridgehead atoms. The van der Waals surface area contributed by atoms with Gasteiger partial charge in [0.05, 0.1) is 10.6 Å². The summed E-state index contributed by atoms with van der Waals surface area (Å²) >= 11 is 5.73. The molecule has 0 saturated heterocycles. The van der Waals surface area contributed by atoms with E-state index in [1.807, 2.05) is 0 Å². The summed E-state index contributed by atoms with van der Waals surface area (Å²) in [4.78, 5) is 12.9. The molecule has 0 heterocycles. The van der Waals surface area contributed by atoms with E-state index < -0.39 is 21.5 Å². The van der Waals surface area contributed by atoms with Gasteiger partial charge in [-0.3, -0.25) is 4.79 Å². The first-order valence-corrected chi connectivity index (χ1v) is 7.32. The van der Waals surface area contributed by atoms with Gasteiger partial charge in [-0.15, -0.1) is 0 Å². The zero-order valence-corrected chi connectivity index (χ0v) is 11.8. The van der Waals surface area contributed by atoms with E-state index in [-0.39, 0.29) is 15.6 Å². The van der Waals surface area contributed by atoms with Gasteiger partial charge in [0, 0.05) is 18.6 Å². The molecule has 18 heavy (non-hydrogen) atoms. The summed E-state index contributed by atoms with van der Waals surface area (Å²) in [6.07, 6.45) is 0. The van der Waals surface area contributed by atoms with Crippen LogP contribution < -0.4 is 5.73 Å². The van der Waals surface area contributed by atoms with Crippen molar-refractivity contribution in [3.63, 3.8) is 0 Å². The lowest BCUT2D eigenvalue weighted by Crippen LogP contribution is -2.32. The maximum Gasteiger partial charge on any atom is 0.237 e. The molecule has 7 heteroatoms. The Balaban J connectivity index is 3.07. The van der Waals surface area contributed by atoms with Gasteiger partial charge in [0.2, 0.25) is 5.91 Å². The highest BCUT2D eigenvalue weighted by Gasteiger charge is 2.23. The van der Waals surface area contributed by atoms with Crippen LogP contribution in [0.3, 0.4) is 0 Å². The quantitative estimate of drug-likeness (QED) is 0.844. The molecule has 2 N–H and O–H groups in total. The second kappa shape index (κ2) is 5.58. The molecule has 1 aromatic carbocycles. The summed E-state index contributed by atoms with van der Waals surface area (Å²) in [7, 11) is -2.23. The Kier molecular flexibility index (Phi) is 4.59. The van der Waals surface area contributed by atoms with Crippen molar-refractivity contribution < 1.29 is 13.2 Å². The number of hydrogen-bond donors (Lipinski definition) is 1. The molecule has 0 aliphatic rings. The van der Waals surface area contributed by atoms with Crippen LogP contribution >= 0.6 is 11.6 Å². The number of nitrogen functional groups attached to an aromatic ring is 1. The van der Waals surface area contributed by atoms with Crippen molar-refractivity contribution in [1.29, 1.82) is 0 Å². The van der Waals surface area contributed by atoms with E-state index in [2.05, 4.69) is 0 Å². The van der Waals surface area contributed by atoms with E-state index in [4.69, 9.17) is 17.3 Å². The second-order valence-corrected chi connectivity index (χ2v) is 6.24. The van der Waals surface area contributed by atoms with Crippen LogP contribution in [-0.4, -0.2) is 38.6 Å². The van der Waals surface area contributed by atoms with Crippen molar-refractivity contribution in [1.82, 2.24) is 4.90 Å². The smallest absolute Gasteiger partial charge is 0.237 e. The molecule has 0 spiro atoms. The van der Waals surface area contributed by atoms with Gasteiger partial charge in [-0.2, -0.15) is 0 Å². The number of nitrogens with zero attached hydrogens (tertiary/aromatic N) is 1. The van der Waals surface area contributed by atoms with Crippen LogP contribution in [0.25, 0.3) is 0 Å². The van der Waals surface area contributed by atoms with Crippen molar-refractivity contribution in [3.05, 3.63) is 23.2 Å². The Morgan fingerprint density at radius 3 is 2.61 bits per heavy atom. The average molecular weight is 291 g/mol. The molecule has 0 aromatic heterocycles. The number of halogens is 1. The number of benzene rings is 1. The fourth-order valence-electron chi connectivity index (χ4n) is 1.30. The van der Waals surface area contributed by atoms with Crippen LogP contribution in [0, 0.1) is 0 Å². The minimum absolute atomic E-state index is 0.0892. The Labute approximate surface area is 111 Å². The van der Waals surface area contributed by atoms with Crippen LogP contribution in [0.5, 0.6) is 0 Å². The zero-order valence-electron chi connectivity index (χ0n) is 10.2. The second-order valence-electron chi connectivity index (χ2n) is 3.85. The molecule has 5 nitrogen and oxygen atoms in total. The Hall–Kier alpha value is -1.27. The lowest BCUT2D eigenvalue weighted by atomic mass is 10.3. The zero-order chi connectivity index (χ0) is 13.9. The third-order valence-electron chi connectivity index (χ3n) is 2.52. The van der Waals surface area contributed by atoms with Gasteiger partial charge >= 0.3 is 0 Å². The normalized spacial score (nSPS) is 11.3. The summed E-state index contributed by atoms with van der Waals surface area (Å²) < 4.78 is 24.1. The number of sulfone groups is 1. The minimum Gasteiger partial charge on any atom is -0.398 e. The Bertz CT molecular complexity index is 557. The molecular formula is C11H15ClN2O3S. The van der Waals surface area contributed by atoms with Crippen molar-refractivity contribution in [2.75, 3.05) is 25.1 Å². The first kappa shape index (κ1) is 14.8. The largest absolute Gasteiger partial charge is 0.398 e. The van der Waals surface area contributed by atoms with Crippen molar-refractivity contribution in [2.45, 2.75) is 11.8 Å². The van der Waals surface area contributed by atoms with E-state index in [0.717, 1.165) is 0 Å². The molecule has 0 unspecified atom stereocenters. The molecule has 0 radical (unpaired) electrons. The molecule has 0 aliphatic heterocycles. The highest BCUT2D eigenvalue weighted by Crippen LogP contribution is 2.23. The predicted octanol–water partition coefficient (Wildman–Crippen LogP) is 1.17. The summed E-state index contributed by atoms with van der Waals surface area (Å²) in [6.45, 7) is 2.21. The third-order valence-corrected chi connectivity index (χ3v) is 4.41. The van der Waals surface area contributed by atoms with Crippen molar-refractivity contribution in [2.24, 2.45) is 0 Å². The highest BCUT2D eigenvalue weighted by molar-refractivity contribution is 7.92. The fraction of sp³-hybridized carbons (Fsp3) is 0.364. The molecule has 0 saturated carbocycles. The third kappa shape index (κ3) is 3.36. The number of hydrogen-bond acceptors (Lipinski definition) is 4. The van der Waals surface area contributed by atoms with Gasteiger partial charge in [-0.1, -0.05) is 11.6 Å². The standard InChI is InChI=1S/C11H15ClN2O3S/c1-3-14(2)11(15)7-18(16,17)10-6-8(12)4-5-9(10)13/h4-6H,3,7,13H2,1-2H3. The van der Waals surface area contributed by atoms with Crippen molar-refractivity contribution >= 4 is 33.0 Å². The monoisotopic (exact) mass is 290 g/mol. The molecule has 1 rings (SSSR count). The molecular weight excluding hydrogens is 276 g/mol. The Morgan fingerprint density at radius 2 is 2.06 bits per heavy atom. The topological polar surface area (TPSA) is 80.5 Å². The van der Waals surface area contributed by atoms with E-state index >= 15 is 0 Å². The van der Waals surface area contributed by atoms with Gasteiger partial charge in [0.25, 0.3) is 0 Å². The molecule has 100 valence electrons. The number of carbonyl (C=O) groups excluding carboxylic acids is 1. The van der Waals surface area contributed by atoms with E-state index in [1.165, 1.54) is 23.1 Å². The van der Waals surface area contributed by atoms with E-state index in [0.29, 0.717) is 6.54 Å². The molecule has 0 atom stereocenters. The molecule has 1 amide bonds. The lowest BCUT2D eigenvalue weighted by Gasteiger charge is -2.15. The van der Waals surface area contributed by atoms with Gasteiger partial charge < -0.3 is 10.6 Å². The highest BCUT2D eigenvalue weighted by atomic mass is 35.5.